The maximum Gasteiger partial charge on any atom is 0.287 e. The number of nitrogens with one attached hydrogen (secondary N) is 1. The predicted molar refractivity (Wildman–Crippen MR) is 93.2 cm³/mol. The summed E-state index contributed by atoms with van der Waals surface area (Å²) in [6.07, 6.45) is 3.97. The van der Waals surface area contributed by atoms with Crippen molar-refractivity contribution in [3.63, 3.8) is 0 Å². The molecule has 1 saturated heterocycles. The van der Waals surface area contributed by atoms with E-state index >= 15 is 0 Å². The number of anilines is 1. The molecule has 122 valence electrons. The number of amides is 1. The van der Waals surface area contributed by atoms with Gasteiger partial charge < -0.3 is 14.6 Å². The van der Waals surface area contributed by atoms with Crippen molar-refractivity contribution in [1.29, 1.82) is 0 Å². The third-order valence-electron chi connectivity index (χ3n) is 4.47. The minimum absolute atomic E-state index is 0.168. The van der Waals surface area contributed by atoms with E-state index in [9.17, 15) is 4.79 Å². The van der Waals surface area contributed by atoms with Crippen LogP contribution in [0, 0.1) is 0 Å². The Morgan fingerprint density at radius 1 is 1.25 bits per heavy atom. The molecule has 0 aliphatic carbocycles. The fourth-order valence-electron chi connectivity index (χ4n) is 3.26. The van der Waals surface area contributed by atoms with Crippen molar-refractivity contribution in [2.75, 3.05) is 18.0 Å². The van der Waals surface area contributed by atoms with E-state index in [0.717, 1.165) is 36.2 Å². The van der Waals surface area contributed by atoms with Crippen LogP contribution in [0.25, 0.3) is 11.0 Å². The Balaban J connectivity index is 1.43. The molecule has 3 heterocycles. The summed E-state index contributed by atoms with van der Waals surface area (Å²) < 4.78 is 5.62. The molecule has 1 amide bonds. The van der Waals surface area contributed by atoms with Crippen molar-refractivity contribution in [3.8, 4) is 0 Å². The van der Waals surface area contributed by atoms with Crippen molar-refractivity contribution >= 4 is 22.7 Å². The van der Waals surface area contributed by atoms with E-state index < -0.39 is 0 Å². The molecule has 0 radical (unpaired) electrons. The molecule has 3 aromatic rings. The van der Waals surface area contributed by atoms with Crippen molar-refractivity contribution in [2.45, 2.75) is 18.9 Å². The Morgan fingerprint density at radius 2 is 2.12 bits per heavy atom. The summed E-state index contributed by atoms with van der Waals surface area (Å²) in [6, 6.07) is 15.6. The topological polar surface area (TPSA) is 58.4 Å². The third-order valence-corrected chi connectivity index (χ3v) is 4.47. The quantitative estimate of drug-likeness (QED) is 0.801. The number of para-hydroxylation sites is 1. The Kier molecular flexibility index (Phi) is 3.91. The standard InChI is InChI=1S/C19H19N3O2/c23-19(17-12-14-6-1-2-8-16(14)24-17)21-13-15-7-5-11-22(15)18-9-3-4-10-20-18/h1-4,6,8-10,12,15H,5,7,11,13H2,(H,21,23)/t15-/m1/s1. The van der Waals surface area contributed by atoms with Crippen molar-refractivity contribution < 1.29 is 9.21 Å². The van der Waals surface area contributed by atoms with Crippen LogP contribution in [0.5, 0.6) is 0 Å². The maximum absolute atomic E-state index is 12.4. The van der Waals surface area contributed by atoms with Crippen LogP contribution in [0.15, 0.2) is 59.1 Å². The van der Waals surface area contributed by atoms with E-state index in [0.29, 0.717) is 12.3 Å². The second-order valence-corrected chi connectivity index (χ2v) is 6.04. The van der Waals surface area contributed by atoms with Crippen LogP contribution in [0.3, 0.4) is 0 Å². The summed E-state index contributed by atoms with van der Waals surface area (Å²) in [7, 11) is 0. The average molecular weight is 321 g/mol. The monoisotopic (exact) mass is 321 g/mol. The number of furan rings is 1. The molecule has 1 aromatic carbocycles. The first-order chi connectivity index (χ1) is 11.8. The Bertz CT molecular complexity index is 811. The lowest BCUT2D eigenvalue weighted by Crippen LogP contribution is -2.40. The van der Waals surface area contributed by atoms with Gasteiger partial charge in [-0.05, 0) is 37.1 Å². The van der Waals surface area contributed by atoms with Gasteiger partial charge in [-0.3, -0.25) is 4.79 Å². The fraction of sp³-hybridized carbons (Fsp3) is 0.263. The zero-order valence-electron chi connectivity index (χ0n) is 13.3. The first-order valence-corrected chi connectivity index (χ1v) is 8.26. The van der Waals surface area contributed by atoms with E-state index in [-0.39, 0.29) is 11.9 Å². The summed E-state index contributed by atoms with van der Waals surface area (Å²) in [5.74, 6) is 1.16. The highest BCUT2D eigenvalue weighted by Gasteiger charge is 2.26. The number of hydrogen-bond donors (Lipinski definition) is 1. The number of nitrogens with zero attached hydrogens (tertiary/aromatic N) is 2. The van der Waals surface area contributed by atoms with E-state index in [4.69, 9.17) is 4.42 Å². The number of aromatic nitrogens is 1. The number of benzene rings is 1. The largest absolute Gasteiger partial charge is 0.451 e. The molecule has 0 bridgehead atoms. The summed E-state index contributed by atoms with van der Waals surface area (Å²) in [6.45, 7) is 1.56. The lowest BCUT2D eigenvalue weighted by Gasteiger charge is -2.25. The zero-order chi connectivity index (χ0) is 16.4. The second-order valence-electron chi connectivity index (χ2n) is 6.04. The molecule has 5 heteroatoms. The summed E-state index contributed by atoms with van der Waals surface area (Å²) >= 11 is 0. The molecule has 0 saturated carbocycles. The van der Waals surface area contributed by atoms with Crippen LogP contribution >= 0.6 is 0 Å². The number of pyridine rings is 1. The van der Waals surface area contributed by atoms with Gasteiger partial charge in [-0.2, -0.15) is 0 Å². The van der Waals surface area contributed by atoms with Gasteiger partial charge in [-0.1, -0.05) is 24.3 Å². The van der Waals surface area contributed by atoms with Gasteiger partial charge in [0, 0.05) is 30.7 Å². The first kappa shape index (κ1) is 14.8. The molecule has 1 N–H and O–H groups in total. The maximum atomic E-state index is 12.4. The molecule has 24 heavy (non-hydrogen) atoms. The van der Waals surface area contributed by atoms with Crippen molar-refractivity contribution in [1.82, 2.24) is 10.3 Å². The smallest absolute Gasteiger partial charge is 0.287 e. The molecule has 1 aliphatic rings. The number of rotatable bonds is 4. The summed E-state index contributed by atoms with van der Waals surface area (Å²) in [4.78, 5) is 19.1. The molecule has 4 rings (SSSR count). The van der Waals surface area contributed by atoms with E-state index in [2.05, 4.69) is 15.2 Å². The van der Waals surface area contributed by atoms with Crippen LogP contribution in [-0.2, 0) is 0 Å². The van der Waals surface area contributed by atoms with Gasteiger partial charge in [0.1, 0.15) is 11.4 Å². The molecular weight excluding hydrogens is 302 g/mol. The molecule has 0 spiro atoms. The van der Waals surface area contributed by atoms with E-state index in [1.807, 2.05) is 42.5 Å². The number of hydrogen-bond acceptors (Lipinski definition) is 4. The lowest BCUT2D eigenvalue weighted by atomic mass is 10.2. The highest BCUT2D eigenvalue weighted by Crippen LogP contribution is 2.23. The highest BCUT2D eigenvalue weighted by atomic mass is 16.3. The van der Waals surface area contributed by atoms with Gasteiger partial charge in [0.25, 0.3) is 5.91 Å². The van der Waals surface area contributed by atoms with Gasteiger partial charge in [0.2, 0.25) is 0 Å². The van der Waals surface area contributed by atoms with Crippen LogP contribution in [0.2, 0.25) is 0 Å². The zero-order valence-corrected chi connectivity index (χ0v) is 13.3. The van der Waals surface area contributed by atoms with Crippen molar-refractivity contribution in [3.05, 3.63) is 60.5 Å². The number of carbonyl (C=O) groups excluding carboxylic acids is 1. The molecular formula is C19H19N3O2. The van der Waals surface area contributed by atoms with Crippen molar-refractivity contribution in [2.24, 2.45) is 0 Å². The molecule has 1 aliphatic heterocycles. The molecule has 1 fully saturated rings. The molecule has 2 aromatic heterocycles. The Hall–Kier alpha value is -2.82. The van der Waals surface area contributed by atoms with Crippen LogP contribution in [0.4, 0.5) is 5.82 Å². The van der Waals surface area contributed by atoms with Crippen LogP contribution in [-0.4, -0.2) is 30.0 Å². The van der Waals surface area contributed by atoms with Gasteiger partial charge >= 0.3 is 0 Å². The Morgan fingerprint density at radius 3 is 2.96 bits per heavy atom. The predicted octanol–water partition coefficient (Wildman–Crippen LogP) is 3.23. The van der Waals surface area contributed by atoms with Crippen LogP contribution in [0.1, 0.15) is 23.4 Å². The molecule has 1 atom stereocenters. The number of fused-ring (bicyclic) bond motifs is 1. The van der Waals surface area contributed by atoms with Gasteiger partial charge in [0.05, 0.1) is 0 Å². The second kappa shape index (κ2) is 6.35. The van der Waals surface area contributed by atoms with E-state index in [1.54, 1.807) is 12.3 Å². The lowest BCUT2D eigenvalue weighted by molar-refractivity contribution is 0.0926. The minimum Gasteiger partial charge on any atom is -0.451 e. The fourth-order valence-corrected chi connectivity index (χ4v) is 3.26. The SMILES string of the molecule is O=C(NC[C@H]1CCCN1c1ccccn1)c1cc2ccccc2o1. The molecule has 5 nitrogen and oxygen atoms in total. The van der Waals surface area contributed by atoms with E-state index in [1.165, 1.54) is 0 Å². The van der Waals surface area contributed by atoms with Gasteiger partial charge in [-0.15, -0.1) is 0 Å². The van der Waals surface area contributed by atoms with Crippen LogP contribution < -0.4 is 10.2 Å². The van der Waals surface area contributed by atoms with Gasteiger partial charge in [-0.25, -0.2) is 4.98 Å². The third kappa shape index (κ3) is 2.85. The minimum atomic E-state index is -0.168. The Labute approximate surface area is 140 Å². The highest BCUT2D eigenvalue weighted by molar-refractivity contribution is 5.96. The van der Waals surface area contributed by atoms with Gasteiger partial charge in [0.15, 0.2) is 5.76 Å². The number of carbonyl (C=O) groups is 1. The molecule has 0 unspecified atom stereocenters. The first-order valence-electron chi connectivity index (χ1n) is 8.26. The average Bonchev–Trinajstić information content (AvgIpc) is 3.27. The summed E-state index contributed by atoms with van der Waals surface area (Å²) in [5.41, 5.74) is 0.735. The normalized spacial score (nSPS) is 17.3. The summed E-state index contributed by atoms with van der Waals surface area (Å²) in [5, 5.41) is 3.94.